The van der Waals surface area contributed by atoms with E-state index in [4.69, 9.17) is 14.6 Å². The maximum absolute atomic E-state index is 13.5. The second kappa shape index (κ2) is 7.72. The molecule has 2 aromatic carbocycles. The molecule has 7 nitrogen and oxygen atoms in total. The lowest BCUT2D eigenvalue weighted by atomic mass is 10.2. The summed E-state index contributed by atoms with van der Waals surface area (Å²) in [5, 5.41) is 12.5. The Morgan fingerprint density at radius 2 is 1.38 bits per heavy atom. The molecule has 2 aromatic rings. The van der Waals surface area contributed by atoms with Crippen LogP contribution in [0.3, 0.4) is 0 Å². The lowest BCUT2D eigenvalue weighted by molar-refractivity contribution is 0.343. The molecule has 0 atom stereocenters. The minimum absolute atomic E-state index is 0.308. The van der Waals surface area contributed by atoms with Crippen LogP contribution in [-0.4, -0.2) is 9.78 Å². The second-order valence-corrected chi connectivity index (χ2v) is 6.94. The highest BCUT2D eigenvalue weighted by atomic mass is 31.2. The summed E-state index contributed by atoms with van der Waals surface area (Å²) in [5.41, 5.74) is 7.15. The van der Waals surface area contributed by atoms with Crippen LogP contribution in [0.4, 0.5) is 0 Å². The van der Waals surface area contributed by atoms with Gasteiger partial charge < -0.3 is 14.2 Å². The molecule has 2 N–H and O–H groups in total. The Morgan fingerprint density at radius 3 is 1.81 bits per heavy atom. The fraction of sp³-hybridized carbons (Fsp3) is 0. The predicted molar refractivity (Wildman–Crippen MR) is 96.7 cm³/mol. The number of nitrogens with zero attached hydrogens (tertiary/aromatic N) is 2. The normalized spacial score (nSPS) is 13.4. The van der Waals surface area contributed by atoms with Gasteiger partial charge in [-0.2, -0.15) is 0 Å². The predicted octanol–water partition coefficient (Wildman–Crippen LogP) is 5.40. The van der Waals surface area contributed by atoms with E-state index >= 15 is 0 Å². The van der Waals surface area contributed by atoms with Gasteiger partial charge in [-0.25, -0.2) is 14.8 Å². The van der Waals surface area contributed by atoms with Crippen LogP contribution in [0.5, 0.6) is 11.5 Å². The van der Waals surface area contributed by atoms with Gasteiger partial charge in [0.25, 0.3) is 0 Å². The summed E-state index contributed by atoms with van der Waals surface area (Å²) in [6.45, 7) is 0. The molecule has 0 fully saturated rings. The molecule has 0 amide bonds. The molecule has 0 aromatic heterocycles. The summed E-state index contributed by atoms with van der Waals surface area (Å²) in [5.74, 6) is 0.331. The number of aliphatic hydroxyl groups excluding tert-OH is 1. The minimum Gasteiger partial charge on any atom is -0.492 e. The van der Waals surface area contributed by atoms with Crippen LogP contribution in [0.2, 0.25) is 0 Å². The van der Waals surface area contributed by atoms with Crippen molar-refractivity contribution in [2.75, 3.05) is 0 Å². The van der Waals surface area contributed by atoms with Gasteiger partial charge in [-0.1, -0.05) is 36.4 Å². The third-order valence-corrected chi connectivity index (χ3v) is 5.10. The summed E-state index contributed by atoms with van der Waals surface area (Å²) < 4.78 is 26.1. The number of aliphatic hydroxyl groups is 1. The summed E-state index contributed by atoms with van der Waals surface area (Å²) in [7, 11) is -3.83. The first kappa shape index (κ1) is 17.5. The van der Waals surface area contributed by atoms with Crippen molar-refractivity contribution >= 4 is 7.75 Å². The van der Waals surface area contributed by atoms with Crippen molar-refractivity contribution in [3.63, 3.8) is 0 Å². The maximum Gasteiger partial charge on any atom is 0.547 e. The average molecular weight is 369 g/mol. The zero-order valence-electron chi connectivity index (χ0n) is 13.6. The van der Waals surface area contributed by atoms with E-state index in [2.05, 4.69) is 5.11 Å². The van der Waals surface area contributed by atoms with Gasteiger partial charge in [-0.05, 0) is 36.4 Å². The van der Waals surface area contributed by atoms with Crippen molar-refractivity contribution in [3.8, 4) is 11.5 Å². The number of benzene rings is 2. The Hall–Kier alpha value is -3.31. The van der Waals surface area contributed by atoms with Crippen LogP contribution in [0.1, 0.15) is 0 Å². The number of rotatable bonds is 6. The van der Waals surface area contributed by atoms with E-state index in [0.29, 0.717) is 17.1 Å². The molecule has 0 spiro atoms. The second-order valence-electron chi connectivity index (χ2n) is 5.18. The van der Waals surface area contributed by atoms with Crippen molar-refractivity contribution in [1.82, 2.24) is 4.67 Å². The molecule has 3 rings (SSSR count). The van der Waals surface area contributed by atoms with E-state index in [1.807, 2.05) is 12.1 Å². The van der Waals surface area contributed by atoms with Crippen molar-refractivity contribution in [3.05, 3.63) is 96.7 Å². The number of allylic oxidation sites excluding steroid dienone is 3. The largest absolute Gasteiger partial charge is 0.547 e. The molecule has 0 radical (unpaired) electrons. The standard InChI is InChI=1S/C18H16N3O4P/c19-20-18(22)15-11-13-21(14-12-15)26(23,24-16-7-3-1-4-8-16)25-17-9-5-2-6-10-17/h1-14,19,22H. The van der Waals surface area contributed by atoms with Gasteiger partial charge in [0.1, 0.15) is 11.5 Å². The van der Waals surface area contributed by atoms with Crippen LogP contribution >= 0.6 is 7.75 Å². The first-order chi connectivity index (χ1) is 12.6. The Balaban J connectivity index is 1.92. The van der Waals surface area contributed by atoms with Gasteiger partial charge in [-0.15, -0.1) is 5.11 Å². The molecule has 1 aliphatic rings. The summed E-state index contributed by atoms with van der Waals surface area (Å²) in [6, 6.07) is 17.4. The van der Waals surface area contributed by atoms with Crippen molar-refractivity contribution in [1.29, 1.82) is 5.53 Å². The van der Waals surface area contributed by atoms with Crippen LogP contribution in [0, 0.1) is 5.53 Å². The van der Waals surface area contributed by atoms with Crippen LogP contribution in [-0.2, 0) is 4.57 Å². The smallest absolute Gasteiger partial charge is 0.492 e. The topological polar surface area (TPSA) is 95.2 Å². The molecular formula is C18H16N3O4P. The highest BCUT2D eigenvalue weighted by molar-refractivity contribution is 7.52. The fourth-order valence-electron chi connectivity index (χ4n) is 2.14. The molecule has 8 heteroatoms. The number of hydrogen-bond acceptors (Lipinski definition) is 6. The van der Waals surface area contributed by atoms with Crippen LogP contribution in [0.25, 0.3) is 0 Å². The molecule has 0 aliphatic carbocycles. The molecule has 0 saturated heterocycles. The third kappa shape index (κ3) is 4.02. The van der Waals surface area contributed by atoms with E-state index < -0.39 is 13.6 Å². The SMILES string of the molecule is N=NC(O)=C1C=CN(P(=O)(Oc2ccccc2)Oc2ccccc2)C=C1. The van der Waals surface area contributed by atoms with Gasteiger partial charge >= 0.3 is 7.75 Å². The number of para-hydroxylation sites is 2. The Morgan fingerprint density at radius 1 is 0.923 bits per heavy atom. The van der Waals surface area contributed by atoms with Crippen molar-refractivity contribution in [2.24, 2.45) is 5.11 Å². The highest BCUT2D eigenvalue weighted by Gasteiger charge is 2.35. The average Bonchev–Trinajstić information content (AvgIpc) is 2.69. The van der Waals surface area contributed by atoms with E-state index in [0.717, 1.165) is 0 Å². The van der Waals surface area contributed by atoms with Gasteiger partial charge in [-0.3, -0.25) is 0 Å². The minimum atomic E-state index is -3.83. The van der Waals surface area contributed by atoms with Gasteiger partial charge in [0.15, 0.2) is 0 Å². The molecule has 0 unspecified atom stereocenters. The Kier molecular flexibility index (Phi) is 5.20. The van der Waals surface area contributed by atoms with E-state index in [1.165, 1.54) is 29.2 Å². The highest BCUT2D eigenvalue weighted by Crippen LogP contribution is 2.53. The monoisotopic (exact) mass is 369 g/mol. The molecule has 26 heavy (non-hydrogen) atoms. The zero-order chi connectivity index (χ0) is 18.4. The molecule has 0 saturated carbocycles. The Bertz CT molecular complexity index is 849. The molecule has 1 heterocycles. The lowest BCUT2D eigenvalue weighted by Crippen LogP contribution is -2.17. The molecule has 1 aliphatic heterocycles. The zero-order valence-corrected chi connectivity index (χ0v) is 14.5. The van der Waals surface area contributed by atoms with E-state index in [-0.39, 0.29) is 0 Å². The third-order valence-electron chi connectivity index (χ3n) is 3.39. The number of nitrogens with one attached hydrogen (secondary N) is 1. The van der Waals surface area contributed by atoms with Crippen LogP contribution < -0.4 is 9.05 Å². The van der Waals surface area contributed by atoms with Gasteiger partial charge in [0.05, 0.1) is 0 Å². The summed E-state index contributed by atoms with van der Waals surface area (Å²) in [4.78, 5) is 0. The van der Waals surface area contributed by atoms with Crippen LogP contribution in [0.15, 0.2) is 102 Å². The van der Waals surface area contributed by atoms with E-state index in [9.17, 15) is 9.67 Å². The molecular weight excluding hydrogens is 353 g/mol. The molecule has 0 bridgehead atoms. The van der Waals surface area contributed by atoms with Gasteiger partial charge in [0, 0.05) is 18.0 Å². The lowest BCUT2D eigenvalue weighted by Gasteiger charge is -2.28. The van der Waals surface area contributed by atoms with Crippen molar-refractivity contribution < 1.29 is 18.7 Å². The first-order valence-corrected chi connectivity index (χ1v) is 9.15. The quantitative estimate of drug-likeness (QED) is 0.404. The maximum atomic E-state index is 13.5. The van der Waals surface area contributed by atoms with Gasteiger partial charge in [0.2, 0.25) is 5.88 Å². The Labute approximate surface area is 150 Å². The summed E-state index contributed by atoms with van der Waals surface area (Å²) >= 11 is 0. The van der Waals surface area contributed by atoms with Crippen molar-refractivity contribution in [2.45, 2.75) is 0 Å². The molecule has 132 valence electrons. The number of hydrogen-bond donors (Lipinski definition) is 2. The first-order valence-electron chi connectivity index (χ1n) is 7.66. The fourth-order valence-corrected chi connectivity index (χ4v) is 3.60. The van der Waals surface area contributed by atoms with E-state index in [1.54, 1.807) is 48.5 Å². The summed E-state index contributed by atoms with van der Waals surface area (Å²) in [6.07, 6.45) is 5.79.